The van der Waals surface area contributed by atoms with E-state index in [4.69, 9.17) is 22.2 Å². The Morgan fingerprint density at radius 2 is 1.93 bits per heavy atom. The third kappa shape index (κ3) is 3.41. The third-order valence-electron chi connectivity index (χ3n) is 4.56. The van der Waals surface area contributed by atoms with Gasteiger partial charge in [-0.1, -0.05) is 35.5 Å². The molecule has 2 heterocycles. The van der Waals surface area contributed by atoms with Crippen molar-refractivity contribution in [3.05, 3.63) is 53.6 Å². The van der Waals surface area contributed by atoms with Gasteiger partial charge in [-0.15, -0.1) is 10.2 Å². The lowest BCUT2D eigenvalue weighted by atomic mass is 10.2. The van der Waals surface area contributed by atoms with Crippen LogP contribution in [-0.2, 0) is 4.79 Å². The van der Waals surface area contributed by atoms with Crippen molar-refractivity contribution in [2.45, 2.75) is 16.8 Å². The number of carbonyl (C=O) groups excluding carboxylic acids is 1. The smallest absolute Gasteiger partial charge is 0.240 e. The molecule has 9 heteroatoms. The van der Waals surface area contributed by atoms with Gasteiger partial charge in [0.25, 0.3) is 0 Å². The van der Waals surface area contributed by atoms with Crippen molar-refractivity contribution >= 4 is 35.0 Å². The maximum Gasteiger partial charge on any atom is 0.240 e. The number of para-hydroxylation sites is 1. The van der Waals surface area contributed by atoms with E-state index in [2.05, 4.69) is 10.2 Å². The fourth-order valence-corrected chi connectivity index (χ4v) is 4.33. The van der Waals surface area contributed by atoms with Gasteiger partial charge in [0.1, 0.15) is 5.75 Å². The zero-order chi connectivity index (χ0) is 19.7. The van der Waals surface area contributed by atoms with Crippen molar-refractivity contribution in [3.8, 4) is 17.1 Å². The summed E-state index contributed by atoms with van der Waals surface area (Å²) in [5.41, 5.74) is 1.54. The number of benzene rings is 2. The first-order chi connectivity index (χ1) is 13.6. The zero-order valence-corrected chi connectivity index (χ0v) is 16.7. The lowest BCUT2D eigenvalue weighted by Crippen LogP contribution is -2.28. The summed E-state index contributed by atoms with van der Waals surface area (Å²) in [7, 11) is 1.61. The van der Waals surface area contributed by atoms with E-state index in [1.165, 1.54) is 16.4 Å². The van der Waals surface area contributed by atoms with Crippen molar-refractivity contribution in [1.82, 2.24) is 14.9 Å². The average molecular weight is 416 g/mol. The Morgan fingerprint density at radius 3 is 2.64 bits per heavy atom. The Bertz CT molecular complexity index is 1010. The highest BCUT2D eigenvalue weighted by molar-refractivity contribution is 8.00. The lowest BCUT2D eigenvalue weighted by Gasteiger charge is -2.17. The predicted octanol–water partition coefficient (Wildman–Crippen LogP) is 3.22. The van der Waals surface area contributed by atoms with E-state index < -0.39 is 0 Å². The molecule has 1 fully saturated rings. The molecule has 1 unspecified atom stereocenters. The molecule has 7 nitrogen and oxygen atoms in total. The molecule has 0 aliphatic carbocycles. The number of hydrogen-bond donors (Lipinski definition) is 1. The lowest BCUT2D eigenvalue weighted by molar-refractivity contribution is -0.116. The number of amides is 1. The maximum absolute atomic E-state index is 12.9. The second-order valence-corrected chi connectivity index (χ2v) is 7.82. The first-order valence-corrected chi connectivity index (χ1v) is 9.91. The predicted molar refractivity (Wildman–Crippen MR) is 110 cm³/mol. The zero-order valence-electron chi connectivity index (χ0n) is 15.1. The molecule has 28 heavy (non-hydrogen) atoms. The molecule has 3 aromatic rings. The van der Waals surface area contributed by atoms with Crippen LogP contribution >= 0.6 is 23.4 Å². The van der Waals surface area contributed by atoms with Crippen molar-refractivity contribution in [2.24, 2.45) is 0 Å². The van der Waals surface area contributed by atoms with Crippen LogP contribution < -0.4 is 15.5 Å². The van der Waals surface area contributed by atoms with E-state index in [1.54, 1.807) is 18.1 Å². The Kier molecular flexibility index (Phi) is 5.15. The molecule has 0 bridgehead atoms. The number of aromatic nitrogens is 3. The Labute approximate surface area is 171 Å². The van der Waals surface area contributed by atoms with Crippen LogP contribution in [0.1, 0.15) is 6.42 Å². The van der Waals surface area contributed by atoms with E-state index >= 15 is 0 Å². The fourth-order valence-electron chi connectivity index (χ4n) is 3.09. The molecule has 1 aliphatic heterocycles. The van der Waals surface area contributed by atoms with Gasteiger partial charge in [0.2, 0.25) is 11.1 Å². The van der Waals surface area contributed by atoms with Gasteiger partial charge in [0.15, 0.2) is 5.82 Å². The number of nitrogens with two attached hydrogens (primary N) is 1. The molecule has 1 aliphatic rings. The molecule has 2 aromatic carbocycles. The molecular formula is C19H18ClN5O2S. The van der Waals surface area contributed by atoms with Crippen molar-refractivity contribution in [3.63, 3.8) is 0 Å². The van der Waals surface area contributed by atoms with Gasteiger partial charge in [0.05, 0.1) is 23.1 Å². The summed E-state index contributed by atoms with van der Waals surface area (Å²) in [5, 5.41) is 9.12. The van der Waals surface area contributed by atoms with Gasteiger partial charge in [-0.3, -0.25) is 4.79 Å². The molecule has 0 radical (unpaired) electrons. The van der Waals surface area contributed by atoms with Crippen molar-refractivity contribution < 1.29 is 9.53 Å². The molecule has 0 saturated carbocycles. The first-order valence-electron chi connectivity index (χ1n) is 8.66. The molecule has 0 spiro atoms. The van der Waals surface area contributed by atoms with Crippen LogP contribution in [0.2, 0.25) is 5.02 Å². The summed E-state index contributed by atoms with van der Waals surface area (Å²) < 4.78 is 6.58. The van der Waals surface area contributed by atoms with E-state index in [0.29, 0.717) is 29.0 Å². The topological polar surface area (TPSA) is 86.3 Å². The Hall–Kier alpha value is -2.71. The number of hydrogen-bond acceptors (Lipinski definition) is 6. The summed E-state index contributed by atoms with van der Waals surface area (Å²) in [5.74, 6) is 7.46. The minimum Gasteiger partial charge on any atom is -0.497 e. The van der Waals surface area contributed by atoms with E-state index in [9.17, 15) is 4.79 Å². The Balaban J connectivity index is 1.51. The molecule has 1 aromatic heterocycles. The fraction of sp³-hybridized carbons (Fsp3) is 0.211. The number of halogens is 1. The normalized spacial score (nSPS) is 16.6. The van der Waals surface area contributed by atoms with Crippen LogP contribution in [-0.4, -0.2) is 39.7 Å². The van der Waals surface area contributed by atoms with Crippen LogP contribution in [0.3, 0.4) is 0 Å². The molecule has 4 rings (SSSR count). The maximum atomic E-state index is 12.9. The number of nitrogens with zero attached hydrogens (tertiary/aromatic N) is 4. The van der Waals surface area contributed by atoms with Crippen LogP contribution in [0.25, 0.3) is 11.4 Å². The van der Waals surface area contributed by atoms with Crippen LogP contribution in [0.5, 0.6) is 5.75 Å². The first kappa shape index (κ1) is 18.6. The average Bonchev–Trinajstić information content (AvgIpc) is 3.26. The van der Waals surface area contributed by atoms with E-state index in [1.807, 2.05) is 42.5 Å². The number of ether oxygens (including phenoxy) is 1. The van der Waals surface area contributed by atoms with Gasteiger partial charge >= 0.3 is 0 Å². The molecule has 1 atom stereocenters. The van der Waals surface area contributed by atoms with Gasteiger partial charge in [-0.25, -0.2) is 4.68 Å². The largest absolute Gasteiger partial charge is 0.497 e. The quantitative estimate of drug-likeness (QED) is 0.644. The number of carbonyl (C=O) groups is 1. The van der Waals surface area contributed by atoms with Crippen molar-refractivity contribution in [1.29, 1.82) is 0 Å². The number of thioether (sulfide) groups is 1. The minimum absolute atomic E-state index is 0.00732. The van der Waals surface area contributed by atoms with E-state index in [0.717, 1.165) is 17.0 Å². The van der Waals surface area contributed by atoms with Gasteiger partial charge in [0, 0.05) is 12.1 Å². The van der Waals surface area contributed by atoms with Crippen LogP contribution in [0.15, 0.2) is 53.7 Å². The van der Waals surface area contributed by atoms with Crippen molar-refractivity contribution in [2.75, 3.05) is 24.4 Å². The number of anilines is 1. The molecule has 1 amide bonds. The SMILES string of the molecule is COc1ccc(-c2nnc(SC3CCN(c4ccccc4Cl)C3=O)n2N)cc1. The van der Waals surface area contributed by atoms with Crippen LogP contribution in [0, 0.1) is 0 Å². The summed E-state index contributed by atoms with van der Waals surface area (Å²) in [6, 6.07) is 14.7. The van der Waals surface area contributed by atoms with Crippen LogP contribution in [0.4, 0.5) is 5.69 Å². The molecular weight excluding hydrogens is 398 g/mol. The Morgan fingerprint density at radius 1 is 1.18 bits per heavy atom. The minimum atomic E-state index is -0.286. The van der Waals surface area contributed by atoms with Gasteiger partial charge < -0.3 is 15.5 Å². The highest BCUT2D eigenvalue weighted by Gasteiger charge is 2.35. The highest BCUT2D eigenvalue weighted by Crippen LogP contribution is 2.35. The second-order valence-electron chi connectivity index (χ2n) is 6.24. The molecule has 2 N–H and O–H groups in total. The monoisotopic (exact) mass is 415 g/mol. The number of rotatable bonds is 5. The summed E-state index contributed by atoms with van der Waals surface area (Å²) >= 11 is 7.56. The molecule has 144 valence electrons. The number of nitrogen functional groups attached to an aromatic ring is 1. The summed E-state index contributed by atoms with van der Waals surface area (Å²) in [6.07, 6.45) is 0.680. The van der Waals surface area contributed by atoms with Gasteiger partial charge in [-0.2, -0.15) is 0 Å². The van der Waals surface area contributed by atoms with E-state index in [-0.39, 0.29) is 11.2 Å². The number of methoxy groups -OCH3 is 1. The van der Waals surface area contributed by atoms with Gasteiger partial charge in [-0.05, 0) is 42.8 Å². The second kappa shape index (κ2) is 7.73. The standard InChI is InChI=1S/C19H18ClN5O2S/c1-27-13-8-6-12(7-9-13)17-22-23-19(25(17)21)28-16-10-11-24(18(16)26)15-5-3-2-4-14(15)20/h2-9,16H,10-11,21H2,1H3. The molecule has 1 saturated heterocycles. The highest BCUT2D eigenvalue weighted by atomic mass is 35.5. The summed E-state index contributed by atoms with van der Waals surface area (Å²) in [4.78, 5) is 14.6. The third-order valence-corrected chi connectivity index (χ3v) is 6.09. The summed E-state index contributed by atoms with van der Waals surface area (Å²) in [6.45, 7) is 0.601.